The monoisotopic (exact) mass is 285 g/mol. The van der Waals surface area contributed by atoms with Crippen LogP contribution < -0.4 is 0 Å². The third kappa shape index (κ3) is 3.83. The van der Waals surface area contributed by atoms with Gasteiger partial charge in [-0.2, -0.15) is 5.26 Å². The molecule has 2 rings (SSSR count). The zero-order valence-corrected chi connectivity index (χ0v) is 13.1. The van der Waals surface area contributed by atoms with Crippen LogP contribution in [0.4, 0.5) is 0 Å². The Balaban J connectivity index is 1.90. The molecule has 1 aliphatic rings. The zero-order chi connectivity index (χ0) is 15.4. The molecular formula is C17H23N3O. The van der Waals surface area contributed by atoms with Crippen molar-refractivity contribution >= 4 is 5.91 Å². The van der Waals surface area contributed by atoms with Crippen molar-refractivity contribution in [3.05, 3.63) is 34.9 Å². The number of rotatable bonds is 3. The maximum atomic E-state index is 12.4. The van der Waals surface area contributed by atoms with Gasteiger partial charge in [0.25, 0.3) is 0 Å². The zero-order valence-electron chi connectivity index (χ0n) is 13.1. The van der Waals surface area contributed by atoms with Crippen LogP contribution in [-0.2, 0) is 11.2 Å². The van der Waals surface area contributed by atoms with Crippen LogP contribution in [0.1, 0.15) is 23.6 Å². The molecule has 0 saturated carbocycles. The fourth-order valence-electron chi connectivity index (χ4n) is 2.64. The van der Waals surface area contributed by atoms with Crippen LogP contribution in [0.2, 0.25) is 0 Å². The fourth-order valence-corrected chi connectivity index (χ4v) is 2.64. The first kappa shape index (κ1) is 15.5. The number of carbonyl (C=O) groups excluding carboxylic acids is 1. The van der Waals surface area contributed by atoms with Crippen molar-refractivity contribution in [1.29, 1.82) is 5.26 Å². The van der Waals surface area contributed by atoms with Crippen LogP contribution in [0, 0.1) is 25.2 Å². The quantitative estimate of drug-likeness (QED) is 0.852. The molecule has 0 aromatic heterocycles. The Morgan fingerprint density at radius 3 is 2.48 bits per heavy atom. The van der Waals surface area contributed by atoms with Gasteiger partial charge in [-0.15, -0.1) is 0 Å². The van der Waals surface area contributed by atoms with Crippen molar-refractivity contribution in [2.75, 3.05) is 26.2 Å². The standard InChI is InChI=1S/C17H23N3O/c1-13-4-5-16(10-14(13)2)11-17(21)20-8-6-19(7-9-20)15(3)12-18/h4-5,10,15H,6-9,11H2,1-3H3. The van der Waals surface area contributed by atoms with Crippen LogP contribution in [0.5, 0.6) is 0 Å². The summed E-state index contributed by atoms with van der Waals surface area (Å²) < 4.78 is 0. The van der Waals surface area contributed by atoms with Crippen LogP contribution in [0.25, 0.3) is 0 Å². The van der Waals surface area contributed by atoms with Crippen molar-refractivity contribution in [3.63, 3.8) is 0 Å². The minimum absolute atomic E-state index is 0.0676. The fraction of sp³-hybridized carbons (Fsp3) is 0.529. The predicted molar refractivity (Wildman–Crippen MR) is 82.8 cm³/mol. The summed E-state index contributed by atoms with van der Waals surface area (Å²) in [6.45, 7) is 9.07. The molecule has 1 saturated heterocycles. The van der Waals surface area contributed by atoms with Crippen molar-refractivity contribution in [2.24, 2.45) is 0 Å². The number of nitriles is 1. The molecule has 0 N–H and O–H groups in total. The molecule has 112 valence electrons. The number of aryl methyl sites for hydroxylation is 2. The summed E-state index contributed by atoms with van der Waals surface area (Å²) in [4.78, 5) is 16.4. The molecule has 4 nitrogen and oxygen atoms in total. The average molecular weight is 285 g/mol. The second-order valence-corrected chi connectivity index (χ2v) is 5.82. The van der Waals surface area contributed by atoms with Gasteiger partial charge < -0.3 is 4.90 Å². The largest absolute Gasteiger partial charge is 0.340 e. The van der Waals surface area contributed by atoms with E-state index in [1.165, 1.54) is 11.1 Å². The van der Waals surface area contributed by atoms with Crippen molar-refractivity contribution in [1.82, 2.24) is 9.80 Å². The summed E-state index contributed by atoms with van der Waals surface area (Å²) in [6, 6.07) is 8.39. The SMILES string of the molecule is Cc1ccc(CC(=O)N2CCN(C(C)C#N)CC2)cc1C. The lowest BCUT2D eigenvalue weighted by atomic mass is 10.0. The predicted octanol–water partition coefficient (Wildman–Crippen LogP) is 1.90. The highest BCUT2D eigenvalue weighted by Crippen LogP contribution is 2.13. The Bertz CT molecular complexity index is 554. The van der Waals surface area contributed by atoms with Crippen molar-refractivity contribution in [3.8, 4) is 6.07 Å². The second kappa shape index (κ2) is 6.73. The third-order valence-corrected chi connectivity index (χ3v) is 4.33. The van der Waals surface area contributed by atoms with Crippen LogP contribution >= 0.6 is 0 Å². The molecule has 1 aromatic carbocycles. The molecule has 21 heavy (non-hydrogen) atoms. The highest BCUT2D eigenvalue weighted by molar-refractivity contribution is 5.79. The Morgan fingerprint density at radius 1 is 1.24 bits per heavy atom. The summed E-state index contributed by atoms with van der Waals surface area (Å²) in [6.07, 6.45) is 0.467. The molecule has 1 amide bonds. The van der Waals surface area contributed by atoms with E-state index >= 15 is 0 Å². The van der Waals surface area contributed by atoms with E-state index in [9.17, 15) is 4.79 Å². The maximum Gasteiger partial charge on any atom is 0.227 e. The summed E-state index contributed by atoms with van der Waals surface area (Å²) in [5, 5.41) is 8.93. The van der Waals surface area contributed by atoms with E-state index in [1.54, 1.807) is 0 Å². The van der Waals surface area contributed by atoms with E-state index in [-0.39, 0.29) is 11.9 Å². The highest BCUT2D eigenvalue weighted by Gasteiger charge is 2.23. The van der Waals surface area contributed by atoms with Gasteiger partial charge in [-0.1, -0.05) is 18.2 Å². The molecule has 0 spiro atoms. The van der Waals surface area contributed by atoms with Gasteiger partial charge in [-0.05, 0) is 37.5 Å². The molecule has 0 bridgehead atoms. The van der Waals surface area contributed by atoms with Gasteiger partial charge in [0.05, 0.1) is 18.5 Å². The Morgan fingerprint density at radius 2 is 1.90 bits per heavy atom. The molecule has 1 unspecified atom stereocenters. The first-order chi connectivity index (χ1) is 10.0. The number of piperazine rings is 1. The van der Waals surface area contributed by atoms with E-state index in [0.717, 1.165) is 31.7 Å². The average Bonchev–Trinajstić information content (AvgIpc) is 2.50. The van der Waals surface area contributed by atoms with Crippen molar-refractivity contribution < 1.29 is 4.79 Å². The van der Waals surface area contributed by atoms with Gasteiger partial charge >= 0.3 is 0 Å². The van der Waals surface area contributed by atoms with Gasteiger partial charge in [0, 0.05) is 26.2 Å². The lowest BCUT2D eigenvalue weighted by molar-refractivity contribution is -0.132. The summed E-state index contributed by atoms with van der Waals surface area (Å²) in [5.74, 6) is 0.183. The number of hydrogen-bond acceptors (Lipinski definition) is 3. The van der Waals surface area contributed by atoms with E-state index in [4.69, 9.17) is 5.26 Å². The van der Waals surface area contributed by atoms with Gasteiger partial charge in [0.1, 0.15) is 0 Å². The summed E-state index contributed by atoms with van der Waals surface area (Å²) in [7, 11) is 0. The minimum Gasteiger partial charge on any atom is -0.340 e. The smallest absolute Gasteiger partial charge is 0.227 e. The van der Waals surface area contributed by atoms with Gasteiger partial charge in [-0.25, -0.2) is 0 Å². The molecule has 1 fully saturated rings. The molecule has 0 aliphatic carbocycles. The first-order valence-electron chi connectivity index (χ1n) is 7.49. The van der Waals surface area contributed by atoms with E-state index in [1.807, 2.05) is 17.9 Å². The summed E-state index contributed by atoms with van der Waals surface area (Å²) >= 11 is 0. The minimum atomic E-state index is -0.0676. The lowest BCUT2D eigenvalue weighted by Crippen LogP contribution is -2.51. The third-order valence-electron chi connectivity index (χ3n) is 4.33. The Kier molecular flexibility index (Phi) is 4.98. The normalized spacial score (nSPS) is 17.3. The highest BCUT2D eigenvalue weighted by atomic mass is 16.2. The Hall–Kier alpha value is -1.86. The first-order valence-corrected chi connectivity index (χ1v) is 7.49. The maximum absolute atomic E-state index is 12.4. The van der Waals surface area contributed by atoms with Crippen LogP contribution in [-0.4, -0.2) is 47.9 Å². The molecule has 1 aliphatic heterocycles. The number of nitrogens with zero attached hydrogens (tertiary/aromatic N) is 3. The van der Waals surface area contributed by atoms with E-state index in [2.05, 4.69) is 36.9 Å². The van der Waals surface area contributed by atoms with E-state index in [0.29, 0.717) is 6.42 Å². The molecule has 1 heterocycles. The van der Waals surface area contributed by atoms with Crippen LogP contribution in [0.15, 0.2) is 18.2 Å². The number of hydrogen-bond donors (Lipinski definition) is 0. The van der Waals surface area contributed by atoms with E-state index < -0.39 is 0 Å². The molecule has 1 atom stereocenters. The van der Waals surface area contributed by atoms with Crippen molar-refractivity contribution in [2.45, 2.75) is 33.2 Å². The molecular weight excluding hydrogens is 262 g/mol. The molecule has 1 aromatic rings. The topological polar surface area (TPSA) is 47.3 Å². The van der Waals surface area contributed by atoms with Gasteiger partial charge in [0.15, 0.2) is 0 Å². The number of carbonyl (C=O) groups is 1. The second-order valence-electron chi connectivity index (χ2n) is 5.82. The van der Waals surface area contributed by atoms with Gasteiger partial charge in [0.2, 0.25) is 5.91 Å². The lowest BCUT2D eigenvalue weighted by Gasteiger charge is -2.36. The number of amides is 1. The Labute approximate surface area is 127 Å². The molecule has 4 heteroatoms. The van der Waals surface area contributed by atoms with Crippen LogP contribution in [0.3, 0.4) is 0 Å². The number of benzene rings is 1. The summed E-state index contributed by atoms with van der Waals surface area (Å²) in [5.41, 5.74) is 3.56. The van der Waals surface area contributed by atoms with Gasteiger partial charge in [-0.3, -0.25) is 9.69 Å². The molecule has 0 radical (unpaired) electrons.